The molecule has 3 nitrogen and oxygen atoms in total. The monoisotopic (exact) mass is 233 g/mol. The van der Waals surface area contributed by atoms with E-state index in [0.29, 0.717) is 11.5 Å². The summed E-state index contributed by atoms with van der Waals surface area (Å²) in [6.07, 6.45) is 8.67. The standard InChI is InChI=1S/C14H23N3/c1-11(2)17-13-3-4-14(5-7-15-8-6-14)9-12(13)10-16-17/h10-11,15H,3-9H2,1-2H3. The van der Waals surface area contributed by atoms with Crippen molar-refractivity contribution in [1.82, 2.24) is 15.1 Å². The highest BCUT2D eigenvalue weighted by atomic mass is 15.3. The summed E-state index contributed by atoms with van der Waals surface area (Å²) in [5, 5.41) is 8.06. The minimum absolute atomic E-state index is 0.501. The fraction of sp³-hybridized carbons (Fsp3) is 0.786. The number of nitrogens with zero attached hydrogens (tertiary/aromatic N) is 2. The summed E-state index contributed by atoms with van der Waals surface area (Å²) in [6, 6.07) is 0.501. The molecule has 0 radical (unpaired) electrons. The van der Waals surface area contributed by atoms with E-state index in [-0.39, 0.29) is 0 Å². The van der Waals surface area contributed by atoms with Crippen molar-refractivity contribution < 1.29 is 0 Å². The zero-order valence-electron chi connectivity index (χ0n) is 11.0. The maximum absolute atomic E-state index is 4.58. The Hall–Kier alpha value is -0.830. The van der Waals surface area contributed by atoms with Gasteiger partial charge in [0.1, 0.15) is 0 Å². The van der Waals surface area contributed by atoms with Crippen LogP contribution in [0.25, 0.3) is 0 Å². The third-order valence-electron chi connectivity index (χ3n) is 4.60. The van der Waals surface area contributed by atoms with E-state index in [1.54, 1.807) is 0 Å². The van der Waals surface area contributed by atoms with Gasteiger partial charge in [-0.05, 0) is 70.0 Å². The molecule has 1 fully saturated rings. The molecule has 1 aromatic rings. The summed E-state index contributed by atoms with van der Waals surface area (Å²) in [7, 11) is 0. The van der Waals surface area contributed by atoms with Crippen molar-refractivity contribution in [1.29, 1.82) is 0 Å². The Bertz CT molecular complexity index is 400. The predicted octanol–water partition coefficient (Wildman–Crippen LogP) is 2.32. The Morgan fingerprint density at radius 3 is 2.76 bits per heavy atom. The highest BCUT2D eigenvalue weighted by Gasteiger charge is 2.37. The normalized spacial score (nSPS) is 23.0. The van der Waals surface area contributed by atoms with E-state index in [9.17, 15) is 0 Å². The zero-order valence-corrected chi connectivity index (χ0v) is 11.0. The highest BCUT2D eigenvalue weighted by molar-refractivity contribution is 5.24. The van der Waals surface area contributed by atoms with Crippen molar-refractivity contribution in [3.63, 3.8) is 0 Å². The molecule has 1 spiro atoms. The third kappa shape index (κ3) is 1.90. The minimum Gasteiger partial charge on any atom is -0.317 e. The maximum Gasteiger partial charge on any atom is 0.0524 e. The topological polar surface area (TPSA) is 29.9 Å². The molecule has 17 heavy (non-hydrogen) atoms. The molecule has 0 aromatic carbocycles. The zero-order chi connectivity index (χ0) is 11.9. The van der Waals surface area contributed by atoms with Gasteiger partial charge in [-0.15, -0.1) is 0 Å². The highest BCUT2D eigenvalue weighted by Crippen LogP contribution is 2.42. The minimum atomic E-state index is 0.501. The van der Waals surface area contributed by atoms with E-state index in [1.165, 1.54) is 56.5 Å². The second-order valence-corrected chi connectivity index (χ2v) is 6.08. The average Bonchev–Trinajstić information content (AvgIpc) is 2.72. The first kappa shape index (κ1) is 11.3. The van der Waals surface area contributed by atoms with Gasteiger partial charge in [-0.25, -0.2) is 0 Å². The van der Waals surface area contributed by atoms with Gasteiger partial charge in [0.2, 0.25) is 0 Å². The van der Waals surface area contributed by atoms with Crippen LogP contribution in [0.5, 0.6) is 0 Å². The quantitative estimate of drug-likeness (QED) is 0.807. The number of hydrogen-bond donors (Lipinski definition) is 1. The number of piperidine rings is 1. The van der Waals surface area contributed by atoms with Crippen LogP contribution in [0.1, 0.15) is 50.4 Å². The number of aromatic nitrogens is 2. The molecule has 0 bridgehead atoms. The van der Waals surface area contributed by atoms with Crippen molar-refractivity contribution in [2.24, 2.45) is 5.41 Å². The molecule has 1 aliphatic carbocycles. The molecule has 0 saturated carbocycles. The molecular formula is C14H23N3. The molecule has 3 heteroatoms. The molecule has 0 amide bonds. The van der Waals surface area contributed by atoms with Crippen LogP contribution in [0, 0.1) is 5.41 Å². The lowest BCUT2D eigenvalue weighted by Gasteiger charge is -2.40. The van der Waals surface area contributed by atoms with Crippen LogP contribution in [0.3, 0.4) is 0 Å². The summed E-state index contributed by atoms with van der Waals surface area (Å²) >= 11 is 0. The van der Waals surface area contributed by atoms with Gasteiger partial charge in [0, 0.05) is 11.7 Å². The van der Waals surface area contributed by atoms with Crippen LogP contribution in [0.4, 0.5) is 0 Å². The Labute approximate surface area is 104 Å². The van der Waals surface area contributed by atoms with Crippen LogP contribution in [0.2, 0.25) is 0 Å². The van der Waals surface area contributed by atoms with Gasteiger partial charge in [0.25, 0.3) is 0 Å². The van der Waals surface area contributed by atoms with E-state index in [1.807, 2.05) is 0 Å². The molecule has 1 aliphatic heterocycles. The fourth-order valence-corrected chi connectivity index (χ4v) is 3.55. The van der Waals surface area contributed by atoms with Crippen LogP contribution >= 0.6 is 0 Å². The van der Waals surface area contributed by atoms with Crippen LogP contribution < -0.4 is 5.32 Å². The molecule has 1 saturated heterocycles. The van der Waals surface area contributed by atoms with E-state index in [2.05, 4.69) is 35.1 Å². The van der Waals surface area contributed by atoms with Crippen LogP contribution in [0.15, 0.2) is 6.20 Å². The molecule has 1 N–H and O–H groups in total. The lowest BCUT2D eigenvalue weighted by atomic mass is 9.68. The van der Waals surface area contributed by atoms with E-state index in [4.69, 9.17) is 0 Å². The van der Waals surface area contributed by atoms with E-state index < -0.39 is 0 Å². The van der Waals surface area contributed by atoms with Gasteiger partial charge in [-0.2, -0.15) is 5.10 Å². The van der Waals surface area contributed by atoms with Gasteiger partial charge < -0.3 is 5.32 Å². The third-order valence-corrected chi connectivity index (χ3v) is 4.60. The Kier molecular flexibility index (Phi) is 2.74. The van der Waals surface area contributed by atoms with Crippen molar-refractivity contribution in [3.8, 4) is 0 Å². The second kappa shape index (κ2) is 4.13. The molecule has 0 unspecified atom stereocenters. The average molecular weight is 233 g/mol. The molecule has 3 rings (SSSR count). The number of hydrogen-bond acceptors (Lipinski definition) is 2. The smallest absolute Gasteiger partial charge is 0.0524 e. The van der Waals surface area contributed by atoms with Crippen LogP contribution in [-0.2, 0) is 12.8 Å². The summed E-state index contributed by atoms with van der Waals surface area (Å²) in [4.78, 5) is 0. The van der Waals surface area contributed by atoms with E-state index >= 15 is 0 Å². The molecular weight excluding hydrogens is 210 g/mol. The van der Waals surface area contributed by atoms with E-state index in [0.717, 1.165) is 0 Å². The fourth-order valence-electron chi connectivity index (χ4n) is 3.55. The van der Waals surface area contributed by atoms with Crippen molar-refractivity contribution in [3.05, 3.63) is 17.5 Å². The van der Waals surface area contributed by atoms with Crippen molar-refractivity contribution in [2.75, 3.05) is 13.1 Å². The first-order valence-corrected chi connectivity index (χ1v) is 6.96. The molecule has 2 aliphatic rings. The van der Waals surface area contributed by atoms with Gasteiger partial charge in [0.15, 0.2) is 0 Å². The van der Waals surface area contributed by atoms with Gasteiger partial charge in [-0.3, -0.25) is 4.68 Å². The molecule has 94 valence electrons. The lowest BCUT2D eigenvalue weighted by Crippen LogP contribution is -2.40. The molecule has 0 atom stereocenters. The van der Waals surface area contributed by atoms with Gasteiger partial charge in [-0.1, -0.05) is 0 Å². The maximum atomic E-state index is 4.58. The van der Waals surface area contributed by atoms with Crippen LogP contribution in [-0.4, -0.2) is 22.9 Å². The van der Waals surface area contributed by atoms with Crippen molar-refractivity contribution in [2.45, 2.75) is 52.0 Å². The molecule has 1 aromatic heterocycles. The summed E-state index contributed by atoms with van der Waals surface area (Å²) in [6.45, 7) is 6.85. The second-order valence-electron chi connectivity index (χ2n) is 6.08. The Balaban J connectivity index is 1.86. The lowest BCUT2D eigenvalue weighted by molar-refractivity contribution is 0.171. The first-order valence-electron chi connectivity index (χ1n) is 6.96. The van der Waals surface area contributed by atoms with Crippen molar-refractivity contribution >= 4 is 0 Å². The number of nitrogens with one attached hydrogen (secondary N) is 1. The molecule has 2 heterocycles. The number of fused-ring (bicyclic) bond motifs is 1. The largest absolute Gasteiger partial charge is 0.317 e. The number of rotatable bonds is 1. The SMILES string of the molecule is CC(C)n1ncc2c1CCC1(CCNCC1)C2. The van der Waals surface area contributed by atoms with Gasteiger partial charge >= 0.3 is 0 Å². The predicted molar refractivity (Wildman–Crippen MR) is 69.2 cm³/mol. The summed E-state index contributed by atoms with van der Waals surface area (Å²) < 4.78 is 2.23. The van der Waals surface area contributed by atoms with Gasteiger partial charge in [0.05, 0.1) is 6.20 Å². The summed E-state index contributed by atoms with van der Waals surface area (Å²) in [5.74, 6) is 0. The summed E-state index contributed by atoms with van der Waals surface area (Å²) in [5.41, 5.74) is 3.61. The Morgan fingerprint density at radius 1 is 1.29 bits per heavy atom. The first-order chi connectivity index (χ1) is 8.20. The Morgan fingerprint density at radius 2 is 2.06 bits per heavy atom.